The summed E-state index contributed by atoms with van der Waals surface area (Å²) in [6.45, 7) is 8.82. The van der Waals surface area contributed by atoms with E-state index in [9.17, 15) is 9.90 Å². The molecule has 168 valence electrons. The molecule has 1 aliphatic heterocycles. The lowest BCUT2D eigenvalue weighted by atomic mass is 9.43. The van der Waals surface area contributed by atoms with Crippen LogP contribution in [-0.2, 0) is 9.63 Å². The lowest BCUT2D eigenvalue weighted by Gasteiger charge is -2.62. The fourth-order valence-electron chi connectivity index (χ4n) is 8.65. The Morgan fingerprint density at radius 2 is 2.00 bits per heavy atom. The van der Waals surface area contributed by atoms with Crippen LogP contribution in [0.2, 0.25) is 0 Å². The first-order chi connectivity index (χ1) is 14.4. The fourth-order valence-corrected chi connectivity index (χ4v) is 8.65. The normalized spacial score (nSPS) is 52.1. The zero-order valence-electron chi connectivity index (χ0n) is 19.0. The van der Waals surface area contributed by atoms with Crippen LogP contribution in [-0.4, -0.2) is 41.9 Å². The number of hydrogen-bond acceptors (Lipinski definition) is 5. The van der Waals surface area contributed by atoms with E-state index in [1.807, 2.05) is 0 Å². The third kappa shape index (κ3) is 3.02. The number of fused-ring (bicyclic) bond motifs is 5. The summed E-state index contributed by atoms with van der Waals surface area (Å²) in [7, 11) is 0. The Bertz CT molecular complexity index is 717. The molecule has 9 atom stereocenters. The van der Waals surface area contributed by atoms with Crippen LogP contribution in [0.5, 0.6) is 0 Å². The third-order valence-electron chi connectivity index (χ3n) is 10.2. The largest absolute Gasteiger partial charge is 0.393 e. The molecule has 5 nitrogen and oxygen atoms in total. The SMILES string of the molecule is CC[C@H]1/C(=N/O[C@H]2CCNC2)CC[C@@]2(C)C1[C@H](O)C[C@@H]1[C@@H]2CC[C@]2(C)C(=O)CC[C@@H]12. The Balaban J connectivity index is 1.41. The van der Waals surface area contributed by atoms with E-state index in [2.05, 4.69) is 31.2 Å². The van der Waals surface area contributed by atoms with Crippen LogP contribution >= 0.6 is 0 Å². The monoisotopic (exact) mass is 416 g/mol. The van der Waals surface area contributed by atoms with Crippen molar-refractivity contribution in [2.75, 3.05) is 13.1 Å². The standard InChI is InChI=1S/C25H40N2O3/c1-4-16-20(27-30-15-9-12-26-14-15)8-11-25(3)19-7-10-24(2)18(5-6-22(24)29)17(19)13-21(28)23(16)25/h15-19,21,23,26,28H,4-14H2,1-3H3/b27-20+/t15-,16-,17-,18-,19-,21+,23?,24-,25+/m0/s1. The minimum atomic E-state index is -0.294. The van der Waals surface area contributed by atoms with Gasteiger partial charge in [-0.3, -0.25) is 4.79 Å². The molecule has 0 spiro atoms. The first kappa shape index (κ1) is 20.9. The smallest absolute Gasteiger partial charge is 0.141 e. The van der Waals surface area contributed by atoms with Crippen LogP contribution in [0.3, 0.4) is 0 Å². The van der Waals surface area contributed by atoms with Crippen LogP contribution < -0.4 is 5.32 Å². The number of carbonyl (C=O) groups excluding carboxylic acids is 1. The van der Waals surface area contributed by atoms with E-state index in [0.29, 0.717) is 29.5 Å². The molecule has 0 aromatic rings. The lowest BCUT2D eigenvalue weighted by Crippen LogP contribution is -2.60. The molecule has 0 bridgehead atoms. The first-order valence-electron chi connectivity index (χ1n) is 12.5. The number of nitrogens with zero attached hydrogens (tertiary/aromatic N) is 1. The van der Waals surface area contributed by atoms with Crippen molar-refractivity contribution in [3.63, 3.8) is 0 Å². The molecule has 5 fully saturated rings. The molecule has 2 N–H and O–H groups in total. The summed E-state index contributed by atoms with van der Waals surface area (Å²) in [5.74, 6) is 2.67. The van der Waals surface area contributed by atoms with Gasteiger partial charge in [-0.25, -0.2) is 0 Å². The van der Waals surface area contributed by atoms with E-state index < -0.39 is 0 Å². The van der Waals surface area contributed by atoms with Crippen LogP contribution in [0.15, 0.2) is 5.16 Å². The van der Waals surface area contributed by atoms with Gasteiger partial charge in [-0.05, 0) is 80.6 Å². The molecule has 1 saturated heterocycles. The Hall–Kier alpha value is -0.940. The van der Waals surface area contributed by atoms with E-state index in [1.165, 1.54) is 5.71 Å². The maximum atomic E-state index is 12.7. The Labute approximate surface area is 181 Å². The highest BCUT2D eigenvalue weighted by Gasteiger charge is 2.63. The summed E-state index contributed by atoms with van der Waals surface area (Å²) >= 11 is 0. The van der Waals surface area contributed by atoms with Crippen LogP contribution in [0, 0.1) is 40.4 Å². The first-order valence-corrected chi connectivity index (χ1v) is 12.5. The predicted molar refractivity (Wildman–Crippen MR) is 117 cm³/mol. The van der Waals surface area contributed by atoms with Crippen molar-refractivity contribution in [1.29, 1.82) is 0 Å². The third-order valence-corrected chi connectivity index (χ3v) is 10.2. The van der Waals surface area contributed by atoms with Gasteiger partial charge >= 0.3 is 0 Å². The maximum absolute atomic E-state index is 12.7. The molecule has 4 saturated carbocycles. The number of aliphatic hydroxyl groups excluding tert-OH is 1. The second-order valence-electron chi connectivity index (χ2n) is 11.4. The maximum Gasteiger partial charge on any atom is 0.141 e. The van der Waals surface area contributed by atoms with Crippen molar-refractivity contribution < 1.29 is 14.7 Å². The molecule has 1 unspecified atom stereocenters. The second-order valence-corrected chi connectivity index (χ2v) is 11.4. The number of nitrogens with one attached hydrogen (secondary N) is 1. The van der Waals surface area contributed by atoms with E-state index in [-0.39, 0.29) is 29.0 Å². The number of oxime groups is 1. The van der Waals surface area contributed by atoms with Crippen LogP contribution in [0.4, 0.5) is 0 Å². The van der Waals surface area contributed by atoms with Gasteiger partial charge in [-0.1, -0.05) is 25.9 Å². The van der Waals surface area contributed by atoms with Crippen molar-refractivity contribution in [3.05, 3.63) is 0 Å². The summed E-state index contributed by atoms with van der Waals surface area (Å²) in [5, 5.41) is 19.5. The van der Waals surface area contributed by atoms with Gasteiger partial charge in [-0.15, -0.1) is 0 Å². The average Bonchev–Trinajstić information content (AvgIpc) is 3.34. The molecule has 0 aromatic heterocycles. The minimum absolute atomic E-state index is 0.126. The zero-order chi connectivity index (χ0) is 21.1. The van der Waals surface area contributed by atoms with Crippen molar-refractivity contribution in [2.24, 2.45) is 45.6 Å². The van der Waals surface area contributed by atoms with Gasteiger partial charge < -0.3 is 15.3 Å². The molecule has 5 heteroatoms. The molecule has 4 aliphatic carbocycles. The fraction of sp³-hybridized carbons (Fsp3) is 0.920. The van der Waals surface area contributed by atoms with Gasteiger partial charge in [-0.2, -0.15) is 0 Å². The molecule has 5 aliphatic rings. The van der Waals surface area contributed by atoms with Crippen molar-refractivity contribution in [3.8, 4) is 0 Å². The summed E-state index contributed by atoms with van der Waals surface area (Å²) in [4.78, 5) is 18.6. The van der Waals surface area contributed by atoms with Crippen LogP contribution in [0.1, 0.15) is 78.6 Å². The Morgan fingerprint density at radius 3 is 2.73 bits per heavy atom. The highest BCUT2D eigenvalue weighted by Crippen LogP contribution is 2.66. The number of hydrogen-bond donors (Lipinski definition) is 2. The number of ketones is 1. The summed E-state index contributed by atoms with van der Waals surface area (Å²) < 4.78 is 0. The Kier molecular flexibility index (Phi) is 5.29. The Morgan fingerprint density at radius 1 is 1.17 bits per heavy atom. The van der Waals surface area contributed by atoms with Gasteiger partial charge in [0.05, 0.1) is 11.8 Å². The minimum Gasteiger partial charge on any atom is -0.393 e. The molecule has 5 rings (SSSR count). The number of carbonyl (C=O) groups is 1. The number of Topliss-reactive ketones (excluding diaryl/α,β-unsaturated/α-hetero) is 1. The zero-order valence-corrected chi connectivity index (χ0v) is 19.0. The lowest BCUT2D eigenvalue weighted by molar-refractivity contribution is -0.161. The molecule has 30 heavy (non-hydrogen) atoms. The predicted octanol–water partition coefficient (Wildman–Crippen LogP) is 3.94. The summed E-state index contributed by atoms with van der Waals surface area (Å²) in [5.41, 5.74) is 1.20. The number of aliphatic hydroxyl groups is 1. The second kappa shape index (κ2) is 7.58. The summed E-state index contributed by atoms with van der Waals surface area (Å²) in [6.07, 6.45) is 8.88. The van der Waals surface area contributed by atoms with Gasteiger partial charge in [0.15, 0.2) is 0 Å². The molecular weight excluding hydrogens is 376 g/mol. The number of rotatable bonds is 3. The highest BCUT2D eigenvalue weighted by atomic mass is 16.6. The van der Waals surface area contributed by atoms with E-state index >= 15 is 0 Å². The van der Waals surface area contributed by atoms with E-state index in [0.717, 1.165) is 70.9 Å². The topological polar surface area (TPSA) is 70.9 Å². The summed E-state index contributed by atoms with van der Waals surface area (Å²) in [6, 6.07) is 0. The van der Waals surface area contributed by atoms with Gasteiger partial charge in [0.2, 0.25) is 0 Å². The average molecular weight is 417 g/mol. The molecule has 1 heterocycles. The van der Waals surface area contributed by atoms with E-state index in [4.69, 9.17) is 4.84 Å². The quantitative estimate of drug-likeness (QED) is 0.684. The van der Waals surface area contributed by atoms with Crippen molar-refractivity contribution in [1.82, 2.24) is 5.32 Å². The van der Waals surface area contributed by atoms with E-state index in [1.54, 1.807) is 0 Å². The molecule has 0 radical (unpaired) electrons. The highest BCUT2D eigenvalue weighted by molar-refractivity contribution is 5.88. The molecule has 0 aromatic carbocycles. The van der Waals surface area contributed by atoms with Gasteiger partial charge in [0.25, 0.3) is 0 Å². The van der Waals surface area contributed by atoms with Crippen molar-refractivity contribution in [2.45, 2.75) is 90.8 Å². The van der Waals surface area contributed by atoms with Gasteiger partial charge in [0.1, 0.15) is 11.9 Å². The van der Waals surface area contributed by atoms with Crippen molar-refractivity contribution >= 4 is 11.5 Å². The van der Waals surface area contributed by atoms with Crippen LogP contribution in [0.25, 0.3) is 0 Å². The molecule has 0 amide bonds. The van der Waals surface area contributed by atoms with Gasteiger partial charge in [0, 0.05) is 30.7 Å². The molecular formula is C25H40N2O3.